The number of rotatable bonds is 2. The van der Waals surface area contributed by atoms with Crippen molar-refractivity contribution in [3.05, 3.63) is 40.9 Å². The Bertz CT molecular complexity index is 430. The van der Waals surface area contributed by atoms with Gasteiger partial charge in [0.2, 0.25) is 0 Å². The SMILES string of the molecule is CNc1ccc(Cl)cc1.O=CC1C=C2CC(C2)C1. The van der Waals surface area contributed by atoms with Crippen LogP contribution in [0.15, 0.2) is 35.9 Å². The number of carbonyl (C=O) groups excluding carboxylic acids is 1. The summed E-state index contributed by atoms with van der Waals surface area (Å²) in [5.74, 6) is 1.13. The highest BCUT2D eigenvalue weighted by molar-refractivity contribution is 6.30. The molecule has 1 aromatic carbocycles. The Morgan fingerprint density at radius 3 is 2.33 bits per heavy atom. The fourth-order valence-electron chi connectivity index (χ4n) is 2.45. The van der Waals surface area contributed by atoms with E-state index < -0.39 is 0 Å². The maximum Gasteiger partial charge on any atom is 0.126 e. The van der Waals surface area contributed by atoms with E-state index >= 15 is 0 Å². The number of benzene rings is 1. The summed E-state index contributed by atoms with van der Waals surface area (Å²) in [6, 6.07) is 7.57. The lowest BCUT2D eigenvalue weighted by Gasteiger charge is -2.36. The molecule has 0 aromatic heterocycles. The molecule has 0 radical (unpaired) electrons. The number of fused-ring (bicyclic) bond motifs is 2. The number of anilines is 1. The molecule has 1 N–H and O–H groups in total. The molecule has 0 heterocycles. The average Bonchev–Trinajstić information content (AvgIpc) is 2.40. The summed E-state index contributed by atoms with van der Waals surface area (Å²) in [5.41, 5.74) is 2.60. The molecule has 2 bridgehead atoms. The Morgan fingerprint density at radius 1 is 1.28 bits per heavy atom. The predicted octanol–water partition coefficient (Wildman–Crippen LogP) is 3.92. The van der Waals surface area contributed by atoms with Crippen molar-refractivity contribution in [2.24, 2.45) is 11.8 Å². The molecule has 3 aliphatic rings. The molecule has 1 fully saturated rings. The lowest BCUT2D eigenvalue weighted by molar-refractivity contribution is -0.110. The minimum Gasteiger partial charge on any atom is -0.388 e. The summed E-state index contributed by atoms with van der Waals surface area (Å²) in [6.45, 7) is 0. The quantitative estimate of drug-likeness (QED) is 0.647. The number of aldehydes is 1. The third kappa shape index (κ3) is 3.36. The van der Waals surface area contributed by atoms with Gasteiger partial charge >= 0.3 is 0 Å². The number of allylic oxidation sites excluding steroid dienone is 2. The van der Waals surface area contributed by atoms with Crippen LogP contribution in [-0.4, -0.2) is 13.3 Å². The third-order valence-corrected chi connectivity index (χ3v) is 3.72. The van der Waals surface area contributed by atoms with Crippen LogP contribution < -0.4 is 5.32 Å². The molecule has 2 nitrogen and oxygen atoms in total. The smallest absolute Gasteiger partial charge is 0.126 e. The largest absolute Gasteiger partial charge is 0.388 e. The zero-order valence-corrected chi connectivity index (χ0v) is 11.3. The number of carbonyl (C=O) groups is 1. The monoisotopic (exact) mass is 263 g/mol. The van der Waals surface area contributed by atoms with Gasteiger partial charge in [0, 0.05) is 23.7 Å². The summed E-state index contributed by atoms with van der Waals surface area (Å²) in [4.78, 5) is 10.3. The van der Waals surface area contributed by atoms with Crippen LogP contribution in [0.4, 0.5) is 5.69 Å². The molecule has 1 unspecified atom stereocenters. The van der Waals surface area contributed by atoms with E-state index in [1.165, 1.54) is 18.4 Å². The van der Waals surface area contributed by atoms with E-state index in [4.69, 9.17) is 11.6 Å². The van der Waals surface area contributed by atoms with Crippen LogP contribution in [0.1, 0.15) is 19.3 Å². The minimum absolute atomic E-state index is 0.271. The van der Waals surface area contributed by atoms with Gasteiger partial charge in [-0.1, -0.05) is 23.3 Å². The molecule has 0 amide bonds. The standard InChI is InChI=1S/C8H10O.C7H8ClN/c9-5-8-3-6-1-7(2-6)4-8;1-9-7-4-2-6(8)3-5-7/h3,5,7-8H,1-2,4H2;2-5,9H,1H3. The van der Waals surface area contributed by atoms with Gasteiger partial charge in [0.1, 0.15) is 6.29 Å². The molecule has 1 saturated carbocycles. The number of hydrogen-bond donors (Lipinski definition) is 1. The lowest BCUT2D eigenvalue weighted by Crippen LogP contribution is -2.24. The highest BCUT2D eigenvalue weighted by Gasteiger charge is 2.30. The van der Waals surface area contributed by atoms with Crippen molar-refractivity contribution in [2.45, 2.75) is 19.3 Å². The van der Waals surface area contributed by atoms with Crippen molar-refractivity contribution in [3.8, 4) is 0 Å². The Labute approximate surface area is 113 Å². The second-order valence-corrected chi connectivity index (χ2v) is 5.33. The van der Waals surface area contributed by atoms with E-state index in [0.29, 0.717) is 0 Å². The Kier molecular flexibility index (Phi) is 4.43. The first-order valence-corrected chi connectivity index (χ1v) is 6.67. The second kappa shape index (κ2) is 6.05. The van der Waals surface area contributed by atoms with Gasteiger partial charge in [-0.2, -0.15) is 0 Å². The van der Waals surface area contributed by atoms with Gasteiger partial charge in [-0.25, -0.2) is 0 Å². The van der Waals surface area contributed by atoms with Gasteiger partial charge in [0.05, 0.1) is 0 Å². The zero-order valence-electron chi connectivity index (χ0n) is 10.5. The van der Waals surface area contributed by atoms with Gasteiger partial charge in [-0.15, -0.1) is 0 Å². The summed E-state index contributed by atoms with van der Waals surface area (Å²) in [5, 5.41) is 3.77. The average molecular weight is 264 g/mol. The fourth-order valence-corrected chi connectivity index (χ4v) is 2.58. The van der Waals surface area contributed by atoms with Crippen LogP contribution in [0.2, 0.25) is 5.02 Å². The Morgan fingerprint density at radius 2 is 1.94 bits per heavy atom. The van der Waals surface area contributed by atoms with Gasteiger partial charge in [0.25, 0.3) is 0 Å². The molecular formula is C15H18ClNO. The van der Waals surface area contributed by atoms with Gasteiger partial charge in [-0.3, -0.25) is 0 Å². The predicted molar refractivity (Wildman–Crippen MR) is 76.0 cm³/mol. The van der Waals surface area contributed by atoms with Crippen LogP contribution >= 0.6 is 11.6 Å². The third-order valence-electron chi connectivity index (χ3n) is 3.46. The highest BCUT2D eigenvalue weighted by Crippen LogP contribution is 2.42. The van der Waals surface area contributed by atoms with E-state index in [2.05, 4.69) is 11.4 Å². The van der Waals surface area contributed by atoms with Crippen LogP contribution in [-0.2, 0) is 4.79 Å². The van der Waals surface area contributed by atoms with E-state index in [-0.39, 0.29) is 5.92 Å². The molecule has 4 rings (SSSR count). The molecule has 3 aliphatic carbocycles. The van der Waals surface area contributed by atoms with Crippen molar-refractivity contribution in [1.29, 1.82) is 0 Å². The zero-order chi connectivity index (χ0) is 13.0. The number of halogens is 1. The van der Waals surface area contributed by atoms with E-state index in [0.717, 1.165) is 29.3 Å². The molecule has 0 spiro atoms. The molecule has 0 saturated heterocycles. The number of nitrogens with one attached hydrogen (secondary N) is 1. The summed E-state index contributed by atoms with van der Waals surface area (Å²) < 4.78 is 0. The van der Waals surface area contributed by atoms with Crippen molar-refractivity contribution < 1.29 is 4.79 Å². The Hall–Kier alpha value is -1.28. The Balaban J connectivity index is 0.000000134. The molecule has 1 aromatic rings. The van der Waals surface area contributed by atoms with E-state index in [9.17, 15) is 4.79 Å². The highest BCUT2D eigenvalue weighted by atomic mass is 35.5. The summed E-state index contributed by atoms with van der Waals surface area (Å²) >= 11 is 5.64. The van der Waals surface area contributed by atoms with Crippen molar-refractivity contribution in [2.75, 3.05) is 12.4 Å². The van der Waals surface area contributed by atoms with Gasteiger partial charge in [0.15, 0.2) is 0 Å². The van der Waals surface area contributed by atoms with Crippen LogP contribution in [0, 0.1) is 11.8 Å². The molecule has 1 atom stereocenters. The number of hydrogen-bond acceptors (Lipinski definition) is 2. The summed E-state index contributed by atoms with van der Waals surface area (Å²) in [7, 11) is 1.88. The van der Waals surface area contributed by atoms with E-state index in [1.807, 2.05) is 31.3 Å². The summed E-state index contributed by atoms with van der Waals surface area (Å²) in [6.07, 6.45) is 6.90. The second-order valence-electron chi connectivity index (χ2n) is 4.89. The topological polar surface area (TPSA) is 29.1 Å². The van der Waals surface area contributed by atoms with Crippen LogP contribution in [0.5, 0.6) is 0 Å². The molecule has 0 aliphatic heterocycles. The van der Waals surface area contributed by atoms with Crippen LogP contribution in [0.25, 0.3) is 0 Å². The van der Waals surface area contributed by atoms with Gasteiger partial charge < -0.3 is 10.1 Å². The van der Waals surface area contributed by atoms with Crippen molar-refractivity contribution >= 4 is 23.6 Å². The first kappa shape index (κ1) is 13.2. The minimum atomic E-state index is 0.271. The molecule has 18 heavy (non-hydrogen) atoms. The maximum absolute atomic E-state index is 10.3. The molecule has 96 valence electrons. The normalized spacial score (nSPS) is 24.0. The van der Waals surface area contributed by atoms with E-state index in [1.54, 1.807) is 0 Å². The fraction of sp³-hybridized carbons (Fsp3) is 0.400. The van der Waals surface area contributed by atoms with Gasteiger partial charge in [-0.05, 0) is 49.4 Å². The maximum atomic E-state index is 10.3. The molecule has 3 heteroatoms. The van der Waals surface area contributed by atoms with Crippen LogP contribution in [0.3, 0.4) is 0 Å². The van der Waals surface area contributed by atoms with Crippen molar-refractivity contribution in [1.82, 2.24) is 0 Å². The first-order valence-electron chi connectivity index (χ1n) is 6.29. The lowest BCUT2D eigenvalue weighted by atomic mass is 9.69. The molecular weight excluding hydrogens is 246 g/mol. The first-order chi connectivity index (χ1) is 8.71. The van der Waals surface area contributed by atoms with Crippen molar-refractivity contribution in [3.63, 3.8) is 0 Å².